The SMILES string of the molecule is CNC(C)c1cc(Br)ccc1OC(C)C(=O)N1CCCC1. The van der Waals surface area contributed by atoms with Gasteiger partial charge in [-0.25, -0.2) is 0 Å². The molecule has 1 N–H and O–H groups in total. The average molecular weight is 355 g/mol. The van der Waals surface area contributed by atoms with E-state index in [1.807, 2.05) is 37.1 Å². The van der Waals surface area contributed by atoms with Crippen LogP contribution in [0.5, 0.6) is 5.75 Å². The summed E-state index contributed by atoms with van der Waals surface area (Å²) in [5, 5.41) is 3.21. The zero-order chi connectivity index (χ0) is 15.4. The molecule has 0 aromatic heterocycles. The predicted molar refractivity (Wildman–Crippen MR) is 87.5 cm³/mol. The van der Waals surface area contributed by atoms with Crippen LogP contribution in [0.15, 0.2) is 22.7 Å². The van der Waals surface area contributed by atoms with Gasteiger partial charge in [0.2, 0.25) is 0 Å². The maximum atomic E-state index is 12.3. The van der Waals surface area contributed by atoms with Crippen molar-refractivity contribution in [1.82, 2.24) is 10.2 Å². The quantitative estimate of drug-likeness (QED) is 0.883. The van der Waals surface area contributed by atoms with E-state index in [0.717, 1.165) is 41.7 Å². The Balaban J connectivity index is 2.12. The van der Waals surface area contributed by atoms with E-state index >= 15 is 0 Å². The lowest BCUT2D eigenvalue weighted by Crippen LogP contribution is -2.38. The van der Waals surface area contributed by atoms with Crippen molar-refractivity contribution >= 4 is 21.8 Å². The van der Waals surface area contributed by atoms with Crippen molar-refractivity contribution in [3.05, 3.63) is 28.2 Å². The van der Waals surface area contributed by atoms with Crippen molar-refractivity contribution in [2.75, 3.05) is 20.1 Å². The highest BCUT2D eigenvalue weighted by atomic mass is 79.9. The van der Waals surface area contributed by atoms with Gasteiger partial charge in [-0.3, -0.25) is 4.79 Å². The summed E-state index contributed by atoms with van der Waals surface area (Å²) >= 11 is 3.48. The number of halogens is 1. The Morgan fingerprint density at radius 2 is 2.00 bits per heavy atom. The summed E-state index contributed by atoms with van der Waals surface area (Å²) in [6, 6.07) is 6.05. The summed E-state index contributed by atoms with van der Waals surface area (Å²) in [6.07, 6.45) is 1.74. The molecular weight excluding hydrogens is 332 g/mol. The summed E-state index contributed by atoms with van der Waals surface area (Å²) in [7, 11) is 1.91. The number of nitrogens with one attached hydrogen (secondary N) is 1. The lowest BCUT2D eigenvalue weighted by atomic mass is 10.1. The maximum absolute atomic E-state index is 12.3. The number of likely N-dealkylation sites (tertiary alicyclic amines) is 1. The monoisotopic (exact) mass is 354 g/mol. The maximum Gasteiger partial charge on any atom is 0.263 e. The third-order valence-electron chi connectivity index (χ3n) is 3.94. The number of rotatable bonds is 5. The minimum absolute atomic E-state index is 0.0819. The molecule has 2 unspecified atom stereocenters. The second kappa shape index (κ2) is 7.27. The van der Waals surface area contributed by atoms with Crippen molar-refractivity contribution in [3.8, 4) is 5.75 Å². The Morgan fingerprint density at radius 1 is 1.33 bits per heavy atom. The molecule has 1 aliphatic heterocycles. The Bertz CT molecular complexity index is 501. The molecule has 1 amide bonds. The highest BCUT2D eigenvalue weighted by molar-refractivity contribution is 9.10. The van der Waals surface area contributed by atoms with Gasteiger partial charge in [-0.05, 0) is 51.9 Å². The van der Waals surface area contributed by atoms with E-state index in [1.165, 1.54) is 0 Å². The molecule has 1 aliphatic rings. The number of nitrogens with zero attached hydrogens (tertiary/aromatic N) is 1. The van der Waals surface area contributed by atoms with Crippen molar-refractivity contribution in [1.29, 1.82) is 0 Å². The van der Waals surface area contributed by atoms with Crippen molar-refractivity contribution < 1.29 is 9.53 Å². The van der Waals surface area contributed by atoms with E-state index in [4.69, 9.17) is 4.74 Å². The molecule has 2 rings (SSSR count). The van der Waals surface area contributed by atoms with E-state index < -0.39 is 6.10 Å². The first-order chi connectivity index (χ1) is 10.0. The largest absolute Gasteiger partial charge is 0.481 e. The lowest BCUT2D eigenvalue weighted by Gasteiger charge is -2.23. The van der Waals surface area contributed by atoms with E-state index in [1.54, 1.807) is 0 Å². The number of ether oxygens (including phenoxy) is 1. The standard InChI is InChI=1S/C16H23BrN2O2/c1-11(18-3)14-10-13(17)6-7-15(14)21-12(2)16(20)19-8-4-5-9-19/h6-7,10-12,18H,4-5,8-9H2,1-3H3. The smallest absolute Gasteiger partial charge is 0.263 e. The van der Waals surface area contributed by atoms with Crippen molar-refractivity contribution in [3.63, 3.8) is 0 Å². The summed E-state index contributed by atoms with van der Waals surface area (Å²) in [5.74, 6) is 0.846. The van der Waals surface area contributed by atoms with Gasteiger partial charge in [0.1, 0.15) is 5.75 Å². The molecule has 5 heteroatoms. The van der Waals surface area contributed by atoms with Crippen LogP contribution in [0, 0.1) is 0 Å². The molecule has 4 nitrogen and oxygen atoms in total. The third kappa shape index (κ3) is 3.98. The van der Waals surface area contributed by atoms with Gasteiger partial charge >= 0.3 is 0 Å². The van der Waals surface area contributed by atoms with Gasteiger partial charge < -0.3 is 15.0 Å². The molecule has 1 heterocycles. The number of carbonyl (C=O) groups excluding carboxylic acids is 1. The summed E-state index contributed by atoms with van der Waals surface area (Å²) < 4.78 is 6.95. The highest BCUT2D eigenvalue weighted by Gasteiger charge is 2.25. The topological polar surface area (TPSA) is 41.6 Å². The molecule has 2 atom stereocenters. The molecule has 1 aromatic rings. The van der Waals surface area contributed by atoms with Crippen LogP contribution in [-0.4, -0.2) is 37.0 Å². The molecule has 1 saturated heterocycles. The molecule has 0 spiro atoms. The minimum Gasteiger partial charge on any atom is -0.481 e. The van der Waals surface area contributed by atoms with Crippen molar-refractivity contribution in [2.24, 2.45) is 0 Å². The lowest BCUT2D eigenvalue weighted by molar-refractivity contribution is -0.136. The van der Waals surface area contributed by atoms with Crippen LogP contribution in [0.4, 0.5) is 0 Å². The fourth-order valence-electron chi connectivity index (χ4n) is 2.56. The fourth-order valence-corrected chi connectivity index (χ4v) is 2.93. The molecule has 21 heavy (non-hydrogen) atoms. The van der Waals surface area contributed by atoms with E-state index in [2.05, 4.69) is 28.2 Å². The first-order valence-electron chi connectivity index (χ1n) is 7.45. The van der Waals surface area contributed by atoms with Gasteiger partial charge in [0.15, 0.2) is 6.10 Å². The Hall–Kier alpha value is -1.07. The van der Waals surface area contributed by atoms with Crippen LogP contribution in [0.1, 0.15) is 38.3 Å². The number of benzene rings is 1. The first-order valence-corrected chi connectivity index (χ1v) is 8.24. The molecule has 0 bridgehead atoms. The Morgan fingerprint density at radius 3 is 2.62 bits per heavy atom. The zero-order valence-corrected chi connectivity index (χ0v) is 14.4. The summed E-state index contributed by atoms with van der Waals surface area (Å²) in [5.41, 5.74) is 1.05. The number of amides is 1. The molecule has 0 aliphatic carbocycles. The van der Waals surface area contributed by atoms with Gasteiger partial charge in [0.05, 0.1) is 0 Å². The van der Waals surface area contributed by atoms with Gasteiger partial charge in [-0.1, -0.05) is 15.9 Å². The van der Waals surface area contributed by atoms with Gasteiger partial charge in [-0.15, -0.1) is 0 Å². The van der Waals surface area contributed by atoms with Crippen LogP contribution < -0.4 is 10.1 Å². The van der Waals surface area contributed by atoms with E-state index in [-0.39, 0.29) is 11.9 Å². The normalized spacial score (nSPS) is 17.6. The first kappa shape index (κ1) is 16.3. The zero-order valence-electron chi connectivity index (χ0n) is 12.9. The van der Waals surface area contributed by atoms with Crippen molar-refractivity contribution in [2.45, 2.75) is 38.8 Å². The number of hydrogen-bond acceptors (Lipinski definition) is 3. The Kier molecular flexibility index (Phi) is 5.65. The van der Waals surface area contributed by atoms with Crippen LogP contribution in [-0.2, 0) is 4.79 Å². The second-order valence-electron chi connectivity index (χ2n) is 5.48. The molecule has 1 fully saturated rings. The highest BCUT2D eigenvalue weighted by Crippen LogP contribution is 2.29. The molecular formula is C16H23BrN2O2. The number of carbonyl (C=O) groups is 1. The molecule has 0 radical (unpaired) electrons. The van der Waals surface area contributed by atoms with E-state index in [9.17, 15) is 4.79 Å². The van der Waals surface area contributed by atoms with E-state index in [0.29, 0.717) is 0 Å². The molecule has 0 saturated carbocycles. The van der Waals surface area contributed by atoms with Crippen LogP contribution >= 0.6 is 15.9 Å². The molecule has 116 valence electrons. The third-order valence-corrected chi connectivity index (χ3v) is 4.43. The van der Waals surface area contributed by atoms with Crippen LogP contribution in [0.25, 0.3) is 0 Å². The predicted octanol–water partition coefficient (Wildman–Crippen LogP) is 3.12. The summed E-state index contributed by atoms with van der Waals surface area (Å²) in [4.78, 5) is 14.2. The van der Waals surface area contributed by atoms with Crippen LogP contribution in [0.2, 0.25) is 0 Å². The van der Waals surface area contributed by atoms with Gasteiger partial charge in [0.25, 0.3) is 5.91 Å². The van der Waals surface area contributed by atoms with Crippen LogP contribution in [0.3, 0.4) is 0 Å². The Labute approximate surface area is 135 Å². The summed E-state index contributed by atoms with van der Waals surface area (Å²) in [6.45, 7) is 5.61. The average Bonchev–Trinajstić information content (AvgIpc) is 3.01. The molecule has 1 aromatic carbocycles. The second-order valence-corrected chi connectivity index (χ2v) is 6.40. The van der Waals surface area contributed by atoms with Gasteiger partial charge in [0, 0.05) is 29.2 Å². The number of hydrogen-bond donors (Lipinski definition) is 1. The van der Waals surface area contributed by atoms with Gasteiger partial charge in [-0.2, -0.15) is 0 Å². The minimum atomic E-state index is -0.452. The fraction of sp³-hybridized carbons (Fsp3) is 0.562.